The molecule has 0 aliphatic heterocycles. The lowest BCUT2D eigenvalue weighted by Gasteiger charge is -2.16. The SMILES string of the molecule is CCc1cc(-c2nc3cccnc3n2-c2ccccc2)c(C)cc1-c1nc2cccnc2n1-c1ccccc1. The zero-order valence-electron chi connectivity index (χ0n) is 21.8. The summed E-state index contributed by atoms with van der Waals surface area (Å²) in [6.45, 7) is 4.33. The predicted molar refractivity (Wildman–Crippen MR) is 156 cm³/mol. The van der Waals surface area contributed by atoms with Crippen molar-refractivity contribution in [3.63, 3.8) is 0 Å². The van der Waals surface area contributed by atoms with Gasteiger partial charge in [-0.25, -0.2) is 19.9 Å². The average molecular weight is 507 g/mol. The van der Waals surface area contributed by atoms with Crippen LogP contribution in [0.4, 0.5) is 0 Å². The molecule has 6 nitrogen and oxygen atoms in total. The van der Waals surface area contributed by atoms with Gasteiger partial charge in [-0.15, -0.1) is 0 Å². The van der Waals surface area contributed by atoms with Crippen molar-refractivity contribution in [3.8, 4) is 34.2 Å². The minimum atomic E-state index is 0.845. The van der Waals surface area contributed by atoms with Crippen LogP contribution >= 0.6 is 0 Å². The molecule has 0 saturated heterocycles. The first-order chi connectivity index (χ1) is 19.2. The first kappa shape index (κ1) is 23.0. The topological polar surface area (TPSA) is 61.4 Å². The molecule has 6 heteroatoms. The Kier molecular flexibility index (Phi) is 5.51. The Hall–Kier alpha value is -5.10. The number of rotatable bonds is 5. The lowest BCUT2D eigenvalue weighted by Crippen LogP contribution is -2.03. The van der Waals surface area contributed by atoms with Gasteiger partial charge < -0.3 is 0 Å². The molecule has 39 heavy (non-hydrogen) atoms. The molecule has 0 N–H and O–H groups in total. The number of aromatic nitrogens is 6. The maximum absolute atomic E-state index is 5.08. The third-order valence-electron chi connectivity index (χ3n) is 7.17. The van der Waals surface area contributed by atoms with Crippen LogP contribution in [0.15, 0.2) is 109 Å². The number of para-hydroxylation sites is 2. The van der Waals surface area contributed by atoms with E-state index in [-0.39, 0.29) is 0 Å². The van der Waals surface area contributed by atoms with Crippen LogP contribution < -0.4 is 0 Å². The standard InChI is InChI=1S/C33H26N6/c1-3-23-21-26(30-36-28-16-10-18-34-32(28)38(30)24-12-6-4-7-13-24)22(2)20-27(23)31-37-29-17-11-19-35-33(29)39(31)25-14-8-5-9-15-25/h4-21H,3H2,1-2H3. The van der Waals surface area contributed by atoms with Gasteiger partial charge in [0.25, 0.3) is 0 Å². The van der Waals surface area contributed by atoms with E-state index >= 15 is 0 Å². The molecule has 0 aliphatic rings. The van der Waals surface area contributed by atoms with Gasteiger partial charge in [-0.3, -0.25) is 9.13 Å². The van der Waals surface area contributed by atoms with Crippen molar-refractivity contribution in [1.82, 2.24) is 29.1 Å². The molecule has 0 bridgehead atoms. The molecular formula is C33H26N6. The van der Waals surface area contributed by atoms with Gasteiger partial charge in [0.2, 0.25) is 0 Å². The van der Waals surface area contributed by atoms with Gasteiger partial charge >= 0.3 is 0 Å². The van der Waals surface area contributed by atoms with Crippen LogP contribution in [0.2, 0.25) is 0 Å². The first-order valence-electron chi connectivity index (χ1n) is 13.1. The second-order valence-electron chi connectivity index (χ2n) is 9.58. The smallest absolute Gasteiger partial charge is 0.164 e. The quantitative estimate of drug-likeness (QED) is 0.245. The van der Waals surface area contributed by atoms with Crippen LogP contribution in [0.1, 0.15) is 18.1 Å². The summed E-state index contributed by atoms with van der Waals surface area (Å²) >= 11 is 0. The summed E-state index contributed by atoms with van der Waals surface area (Å²) in [5.41, 5.74) is 10.0. The maximum atomic E-state index is 5.08. The van der Waals surface area contributed by atoms with E-state index in [1.54, 1.807) is 0 Å². The number of hydrogen-bond acceptors (Lipinski definition) is 4. The van der Waals surface area contributed by atoms with Crippen LogP contribution in [0.5, 0.6) is 0 Å². The van der Waals surface area contributed by atoms with E-state index < -0.39 is 0 Å². The van der Waals surface area contributed by atoms with E-state index in [2.05, 4.69) is 59.4 Å². The molecule has 4 aromatic heterocycles. The zero-order chi connectivity index (χ0) is 26.3. The highest BCUT2D eigenvalue weighted by molar-refractivity contribution is 5.84. The van der Waals surface area contributed by atoms with Crippen molar-refractivity contribution in [2.24, 2.45) is 0 Å². The second kappa shape index (κ2) is 9.33. The molecule has 7 rings (SSSR count). The van der Waals surface area contributed by atoms with E-state index in [9.17, 15) is 0 Å². The lowest BCUT2D eigenvalue weighted by atomic mass is 9.96. The summed E-state index contributed by atoms with van der Waals surface area (Å²) < 4.78 is 4.31. The van der Waals surface area contributed by atoms with Gasteiger partial charge in [0, 0.05) is 34.9 Å². The predicted octanol–water partition coefficient (Wildman–Crippen LogP) is 7.36. The van der Waals surface area contributed by atoms with Crippen LogP contribution in [-0.4, -0.2) is 29.1 Å². The molecule has 4 heterocycles. The summed E-state index contributed by atoms with van der Waals surface area (Å²) in [7, 11) is 0. The number of nitrogens with zero attached hydrogens (tertiary/aromatic N) is 6. The maximum Gasteiger partial charge on any atom is 0.164 e. The van der Waals surface area contributed by atoms with Crippen LogP contribution in [0.25, 0.3) is 56.5 Å². The van der Waals surface area contributed by atoms with Crippen LogP contribution in [-0.2, 0) is 6.42 Å². The number of aryl methyl sites for hydroxylation is 2. The largest absolute Gasteiger partial charge is 0.277 e. The molecule has 0 spiro atoms. The Balaban J connectivity index is 1.48. The van der Waals surface area contributed by atoms with E-state index in [1.165, 1.54) is 5.56 Å². The summed E-state index contributed by atoms with van der Waals surface area (Å²) in [6, 6.07) is 33.1. The molecule has 3 aromatic carbocycles. The molecule has 188 valence electrons. The van der Waals surface area contributed by atoms with Crippen molar-refractivity contribution in [1.29, 1.82) is 0 Å². The molecule has 0 fully saturated rings. The zero-order valence-corrected chi connectivity index (χ0v) is 21.8. The van der Waals surface area contributed by atoms with Gasteiger partial charge in [0.05, 0.1) is 0 Å². The van der Waals surface area contributed by atoms with Crippen LogP contribution in [0, 0.1) is 6.92 Å². The fourth-order valence-electron chi connectivity index (χ4n) is 5.32. The molecule has 0 saturated carbocycles. The average Bonchev–Trinajstić information content (AvgIpc) is 3.57. The fraction of sp³-hybridized carbons (Fsp3) is 0.0909. The van der Waals surface area contributed by atoms with Crippen molar-refractivity contribution in [3.05, 3.63) is 121 Å². The monoisotopic (exact) mass is 506 g/mol. The number of benzene rings is 3. The highest BCUT2D eigenvalue weighted by atomic mass is 15.1. The third-order valence-corrected chi connectivity index (χ3v) is 7.17. The lowest BCUT2D eigenvalue weighted by molar-refractivity contribution is 1.05. The second-order valence-corrected chi connectivity index (χ2v) is 9.58. The molecule has 0 atom stereocenters. The highest BCUT2D eigenvalue weighted by Gasteiger charge is 2.22. The Morgan fingerprint density at radius 1 is 0.590 bits per heavy atom. The summed E-state index contributed by atoms with van der Waals surface area (Å²) in [5.74, 6) is 1.77. The number of pyridine rings is 2. The summed E-state index contributed by atoms with van der Waals surface area (Å²) in [4.78, 5) is 19.5. The molecular weight excluding hydrogens is 480 g/mol. The Labute approximate surface area is 226 Å². The molecule has 0 aliphatic carbocycles. The Bertz CT molecular complexity index is 1950. The van der Waals surface area contributed by atoms with Gasteiger partial charge in [0.15, 0.2) is 11.3 Å². The third kappa shape index (κ3) is 3.80. The number of imidazole rings is 2. The molecule has 7 aromatic rings. The summed E-state index contributed by atoms with van der Waals surface area (Å²) in [6.07, 6.45) is 4.49. The molecule has 0 radical (unpaired) electrons. The van der Waals surface area contributed by atoms with Crippen molar-refractivity contribution in [2.75, 3.05) is 0 Å². The molecule has 0 unspecified atom stereocenters. The fourth-order valence-corrected chi connectivity index (χ4v) is 5.32. The first-order valence-corrected chi connectivity index (χ1v) is 13.1. The van der Waals surface area contributed by atoms with Gasteiger partial charge in [-0.1, -0.05) is 43.3 Å². The van der Waals surface area contributed by atoms with Crippen molar-refractivity contribution >= 4 is 22.3 Å². The Morgan fingerprint density at radius 3 is 1.62 bits per heavy atom. The van der Waals surface area contributed by atoms with Crippen molar-refractivity contribution in [2.45, 2.75) is 20.3 Å². The number of fused-ring (bicyclic) bond motifs is 2. The van der Waals surface area contributed by atoms with Crippen molar-refractivity contribution < 1.29 is 0 Å². The summed E-state index contributed by atoms with van der Waals surface area (Å²) in [5, 5.41) is 0. The van der Waals surface area contributed by atoms with Gasteiger partial charge in [0.1, 0.15) is 22.7 Å². The Morgan fingerprint density at radius 2 is 1.10 bits per heavy atom. The van der Waals surface area contributed by atoms with E-state index in [4.69, 9.17) is 19.9 Å². The highest BCUT2D eigenvalue weighted by Crippen LogP contribution is 2.36. The van der Waals surface area contributed by atoms with E-state index in [0.29, 0.717) is 0 Å². The number of hydrogen-bond donors (Lipinski definition) is 0. The minimum absolute atomic E-state index is 0.845. The van der Waals surface area contributed by atoms with Crippen LogP contribution in [0.3, 0.4) is 0 Å². The normalized spacial score (nSPS) is 11.4. The van der Waals surface area contributed by atoms with Gasteiger partial charge in [-0.05, 0) is 85.1 Å². The van der Waals surface area contributed by atoms with E-state index in [0.717, 1.165) is 68.5 Å². The van der Waals surface area contributed by atoms with E-state index in [1.807, 2.05) is 73.1 Å². The molecule has 0 amide bonds. The van der Waals surface area contributed by atoms with Gasteiger partial charge in [-0.2, -0.15) is 0 Å². The minimum Gasteiger partial charge on any atom is -0.277 e.